The summed E-state index contributed by atoms with van der Waals surface area (Å²) >= 11 is 1.37. The molecule has 10 heteroatoms. The van der Waals surface area contributed by atoms with Gasteiger partial charge in [-0.15, -0.1) is 0 Å². The number of amides is 2. The lowest BCUT2D eigenvalue weighted by molar-refractivity contribution is -0.113. The van der Waals surface area contributed by atoms with Crippen LogP contribution in [0.4, 0.5) is 11.6 Å². The van der Waals surface area contributed by atoms with Crippen LogP contribution in [0.25, 0.3) is 0 Å². The number of hydrogen-bond donors (Lipinski definition) is 1. The van der Waals surface area contributed by atoms with Gasteiger partial charge in [0.15, 0.2) is 5.16 Å². The molecule has 0 bridgehead atoms. The van der Waals surface area contributed by atoms with E-state index in [0.29, 0.717) is 43.4 Å². The number of hydrogen-bond acceptors (Lipinski definition) is 7. The second-order valence-corrected chi connectivity index (χ2v) is 8.01. The lowest BCUT2D eigenvalue weighted by atomic mass is 10.1. The maximum absolute atomic E-state index is 12.8. The van der Waals surface area contributed by atoms with Gasteiger partial charge in [0.25, 0.3) is 5.91 Å². The van der Waals surface area contributed by atoms with Crippen LogP contribution in [-0.2, 0) is 11.8 Å². The first kappa shape index (κ1) is 20.9. The summed E-state index contributed by atoms with van der Waals surface area (Å²) in [5.74, 6) is 0.819. The number of carbonyl (C=O) groups is 2. The van der Waals surface area contributed by atoms with Crippen LogP contribution in [0.1, 0.15) is 10.4 Å². The number of piperazine rings is 1. The van der Waals surface area contributed by atoms with Crippen LogP contribution in [0.5, 0.6) is 0 Å². The first-order valence-corrected chi connectivity index (χ1v) is 10.9. The zero-order chi connectivity index (χ0) is 21.6. The van der Waals surface area contributed by atoms with Crippen molar-refractivity contribution in [1.82, 2.24) is 24.4 Å². The lowest BCUT2D eigenvalue weighted by Crippen LogP contribution is -2.49. The predicted octanol–water partition coefficient (Wildman–Crippen LogP) is 1.90. The van der Waals surface area contributed by atoms with Crippen LogP contribution in [0.2, 0.25) is 0 Å². The lowest BCUT2D eigenvalue weighted by Gasteiger charge is -2.34. The van der Waals surface area contributed by atoms with Gasteiger partial charge >= 0.3 is 0 Å². The van der Waals surface area contributed by atoms with E-state index in [2.05, 4.69) is 25.2 Å². The molecule has 2 aromatic heterocycles. The molecular weight excluding hydrogens is 414 g/mol. The summed E-state index contributed by atoms with van der Waals surface area (Å²) in [6.45, 7) is 2.61. The number of thioether (sulfide) groups is 1. The molecule has 9 nitrogen and oxygen atoms in total. The van der Waals surface area contributed by atoms with Gasteiger partial charge in [-0.3, -0.25) is 9.59 Å². The highest BCUT2D eigenvalue weighted by Crippen LogP contribution is 2.17. The molecule has 1 aliphatic heterocycles. The fraction of sp³-hybridized carbons (Fsp3) is 0.286. The van der Waals surface area contributed by atoms with Crippen LogP contribution >= 0.6 is 11.8 Å². The molecule has 0 radical (unpaired) electrons. The Labute approximate surface area is 184 Å². The molecule has 0 atom stereocenters. The highest BCUT2D eigenvalue weighted by molar-refractivity contribution is 7.99. The zero-order valence-electron chi connectivity index (χ0n) is 17.1. The van der Waals surface area contributed by atoms with E-state index in [0.717, 1.165) is 5.16 Å². The van der Waals surface area contributed by atoms with Crippen LogP contribution in [0.15, 0.2) is 60.3 Å². The molecule has 31 heavy (non-hydrogen) atoms. The molecule has 1 aromatic carbocycles. The smallest absolute Gasteiger partial charge is 0.253 e. The normalized spacial score (nSPS) is 13.8. The number of anilines is 2. The van der Waals surface area contributed by atoms with Gasteiger partial charge in [0.1, 0.15) is 0 Å². The summed E-state index contributed by atoms with van der Waals surface area (Å²) in [5, 5.41) is 3.64. The van der Waals surface area contributed by atoms with Gasteiger partial charge < -0.3 is 19.7 Å². The fourth-order valence-corrected chi connectivity index (χ4v) is 3.99. The Kier molecular flexibility index (Phi) is 6.46. The molecular formula is C21H23N7O2S. The van der Waals surface area contributed by atoms with Crippen molar-refractivity contribution in [2.45, 2.75) is 5.16 Å². The number of imidazole rings is 1. The van der Waals surface area contributed by atoms with Crippen LogP contribution in [0, 0.1) is 0 Å². The van der Waals surface area contributed by atoms with Crippen LogP contribution in [-0.4, -0.2) is 68.2 Å². The number of carbonyl (C=O) groups excluding carboxylic acids is 2. The van der Waals surface area contributed by atoms with E-state index >= 15 is 0 Å². The Morgan fingerprint density at radius 1 is 1.00 bits per heavy atom. The topological polar surface area (TPSA) is 96.2 Å². The van der Waals surface area contributed by atoms with Gasteiger partial charge in [-0.1, -0.05) is 11.8 Å². The Balaban J connectivity index is 1.27. The predicted molar refractivity (Wildman–Crippen MR) is 119 cm³/mol. The summed E-state index contributed by atoms with van der Waals surface area (Å²) in [5.41, 5.74) is 1.26. The van der Waals surface area contributed by atoms with E-state index in [9.17, 15) is 9.59 Å². The first-order chi connectivity index (χ1) is 15.1. The molecule has 1 saturated heterocycles. The Morgan fingerprint density at radius 2 is 1.71 bits per heavy atom. The van der Waals surface area contributed by atoms with Crippen molar-refractivity contribution in [1.29, 1.82) is 0 Å². The number of nitrogens with one attached hydrogen (secondary N) is 1. The molecule has 4 rings (SSSR count). The molecule has 3 heterocycles. The third-order valence-corrected chi connectivity index (χ3v) is 5.98. The van der Waals surface area contributed by atoms with E-state index in [4.69, 9.17) is 0 Å². The number of nitrogens with zero attached hydrogens (tertiary/aromatic N) is 6. The van der Waals surface area contributed by atoms with Crippen molar-refractivity contribution in [2.24, 2.45) is 7.05 Å². The Hall–Kier alpha value is -3.40. The van der Waals surface area contributed by atoms with Crippen LogP contribution in [0.3, 0.4) is 0 Å². The Bertz CT molecular complexity index is 1030. The highest BCUT2D eigenvalue weighted by atomic mass is 32.2. The van der Waals surface area contributed by atoms with Crippen molar-refractivity contribution < 1.29 is 9.59 Å². The summed E-state index contributed by atoms with van der Waals surface area (Å²) in [4.78, 5) is 41.6. The molecule has 0 unspecified atom stereocenters. The third-order valence-electron chi connectivity index (χ3n) is 4.93. The van der Waals surface area contributed by atoms with Crippen molar-refractivity contribution in [3.05, 3.63) is 60.7 Å². The third kappa shape index (κ3) is 5.21. The number of aromatic nitrogens is 4. The summed E-state index contributed by atoms with van der Waals surface area (Å²) < 4.78 is 1.87. The standard InChI is InChI=1S/C21H23N7O2S/c1-26-10-9-24-21(26)31-15-18(29)25-17-5-3-16(4-6-17)19(30)27-11-13-28(14-12-27)20-22-7-2-8-23-20/h2-10H,11-15H2,1H3,(H,25,29). The SMILES string of the molecule is Cn1ccnc1SCC(=O)Nc1ccc(C(=O)N2CCN(c3ncccn3)CC2)cc1. The molecule has 0 saturated carbocycles. The minimum Gasteiger partial charge on any atom is -0.337 e. The molecule has 1 fully saturated rings. The average molecular weight is 438 g/mol. The summed E-state index contributed by atoms with van der Waals surface area (Å²) in [6, 6.07) is 8.79. The number of rotatable bonds is 6. The second-order valence-electron chi connectivity index (χ2n) is 7.06. The molecule has 1 N–H and O–H groups in total. The summed E-state index contributed by atoms with van der Waals surface area (Å²) in [6.07, 6.45) is 6.98. The molecule has 3 aromatic rings. The second kappa shape index (κ2) is 9.61. The zero-order valence-corrected chi connectivity index (χ0v) is 18.0. The van der Waals surface area contributed by atoms with Gasteiger partial charge in [0.2, 0.25) is 11.9 Å². The van der Waals surface area contributed by atoms with Gasteiger partial charge in [-0.25, -0.2) is 15.0 Å². The minimum absolute atomic E-state index is 0.0168. The maximum atomic E-state index is 12.8. The molecule has 2 amide bonds. The van der Waals surface area contributed by atoms with E-state index in [-0.39, 0.29) is 17.6 Å². The average Bonchev–Trinajstić information content (AvgIpc) is 3.23. The van der Waals surface area contributed by atoms with Crippen molar-refractivity contribution in [3.8, 4) is 0 Å². The minimum atomic E-state index is -0.119. The highest BCUT2D eigenvalue weighted by Gasteiger charge is 2.23. The van der Waals surface area contributed by atoms with Crippen molar-refractivity contribution in [3.63, 3.8) is 0 Å². The molecule has 0 aliphatic carbocycles. The van der Waals surface area contributed by atoms with Crippen molar-refractivity contribution >= 4 is 35.2 Å². The van der Waals surface area contributed by atoms with Crippen molar-refractivity contribution in [2.75, 3.05) is 42.1 Å². The Morgan fingerprint density at radius 3 is 2.35 bits per heavy atom. The van der Waals surface area contributed by atoms with Gasteiger partial charge in [0.05, 0.1) is 5.75 Å². The van der Waals surface area contributed by atoms with E-state index in [1.54, 1.807) is 48.9 Å². The van der Waals surface area contributed by atoms with E-state index in [1.165, 1.54) is 11.8 Å². The molecule has 1 aliphatic rings. The molecule has 0 spiro atoms. The largest absolute Gasteiger partial charge is 0.337 e. The number of aryl methyl sites for hydroxylation is 1. The maximum Gasteiger partial charge on any atom is 0.253 e. The quantitative estimate of drug-likeness (QED) is 0.589. The monoisotopic (exact) mass is 437 g/mol. The van der Waals surface area contributed by atoms with Gasteiger partial charge in [-0.05, 0) is 30.3 Å². The first-order valence-electron chi connectivity index (χ1n) is 9.91. The van der Waals surface area contributed by atoms with Gasteiger partial charge in [-0.2, -0.15) is 0 Å². The van der Waals surface area contributed by atoms with Crippen LogP contribution < -0.4 is 10.2 Å². The van der Waals surface area contributed by atoms with E-state index in [1.807, 2.05) is 22.7 Å². The number of benzene rings is 1. The summed E-state index contributed by atoms with van der Waals surface area (Å²) in [7, 11) is 1.89. The fourth-order valence-electron chi connectivity index (χ4n) is 3.26. The molecule has 160 valence electrons. The van der Waals surface area contributed by atoms with E-state index < -0.39 is 0 Å². The van der Waals surface area contributed by atoms with Gasteiger partial charge in [0, 0.05) is 69.3 Å².